The molecule has 19 nitrogen and oxygen atoms in total. The van der Waals surface area contributed by atoms with Crippen molar-refractivity contribution in [3.63, 3.8) is 0 Å². The van der Waals surface area contributed by atoms with Crippen molar-refractivity contribution in [1.82, 2.24) is 41.0 Å². The Labute approximate surface area is 307 Å². The summed E-state index contributed by atoms with van der Waals surface area (Å²) in [4.78, 5) is 113. The molecule has 0 saturated carbocycles. The lowest BCUT2D eigenvalue weighted by molar-refractivity contribution is -0.147. The highest BCUT2D eigenvalue weighted by Gasteiger charge is 2.41. The minimum absolute atomic E-state index is 0.00374. The van der Waals surface area contributed by atoms with Gasteiger partial charge in [0.2, 0.25) is 35.4 Å². The van der Waals surface area contributed by atoms with Crippen molar-refractivity contribution in [3.05, 3.63) is 18.2 Å². The van der Waals surface area contributed by atoms with Crippen LogP contribution in [0.5, 0.6) is 0 Å². The Kier molecular flexibility index (Phi) is 15.3. The molecular weight excluding hydrogens is 694 g/mol. The molecule has 53 heavy (non-hydrogen) atoms. The molecule has 2 saturated heterocycles. The van der Waals surface area contributed by atoms with E-state index in [9.17, 15) is 43.5 Å². The summed E-state index contributed by atoms with van der Waals surface area (Å²) < 4.78 is 0. The maximum atomic E-state index is 14.1. The largest absolute Gasteiger partial charge is 0.481 e. The minimum atomic E-state index is -1.71. The van der Waals surface area contributed by atoms with Gasteiger partial charge >= 0.3 is 11.9 Å². The van der Waals surface area contributed by atoms with E-state index in [1.165, 1.54) is 29.2 Å². The molecule has 19 heteroatoms. The predicted octanol–water partition coefficient (Wildman–Crippen LogP) is -1.52. The van der Waals surface area contributed by atoms with E-state index in [2.05, 4.69) is 31.2 Å². The molecule has 2 fully saturated rings. The molecule has 2 aliphatic heterocycles. The number of aromatic nitrogens is 2. The van der Waals surface area contributed by atoms with Crippen LogP contribution in [-0.2, 0) is 44.8 Å². The molecule has 0 aliphatic carbocycles. The van der Waals surface area contributed by atoms with Crippen molar-refractivity contribution in [1.29, 1.82) is 0 Å². The number of H-pyrrole nitrogens is 1. The Balaban J connectivity index is 1.75. The number of nitrogens with two attached hydrogens (primary N) is 1. The maximum absolute atomic E-state index is 14.1. The van der Waals surface area contributed by atoms with E-state index >= 15 is 0 Å². The smallest absolute Gasteiger partial charge is 0.326 e. The van der Waals surface area contributed by atoms with E-state index in [1.54, 1.807) is 0 Å². The summed E-state index contributed by atoms with van der Waals surface area (Å²) in [6.07, 6.45) is 3.91. The van der Waals surface area contributed by atoms with Gasteiger partial charge in [-0.2, -0.15) is 0 Å². The fourth-order valence-corrected chi connectivity index (χ4v) is 6.39. The summed E-state index contributed by atoms with van der Waals surface area (Å²) in [6, 6.07) is -7.89. The average Bonchev–Trinajstić information content (AvgIpc) is 3.88. The zero-order valence-corrected chi connectivity index (χ0v) is 30.8. The number of rotatable bonds is 18. The zero-order valence-electron chi connectivity index (χ0n) is 30.8. The van der Waals surface area contributed by atoms with Crippen LogP contribution in [0.2, 0.25) is 0 Å². The standard InChI is InChI=1S/C34H53N9O10/c1-17(2)12-22(32(50)42-10-6-8-24(42)30(48)38-19(5)28(46)41-23(34(52)53)14-26(44)45)40-29(47)21(13-20-15-36-16-37-20)39-31(49)25-9-7-11-43(25)33(51)27(35)18(3)4/h15-19,21-25,27H,6-14,35H2,1-5H3,(H,36,37)(H,38,48)(H,39,49)(H,40,47)(H,41,46)(H,44,45)(H,52,53). The highest BCUT2D eigenvalue weighted by Crippen LogP contribution is 2.22. The number of hydrogen-bond acceptors (Lipinski definition) is 10. The van der Waals surface area contributed by atoms with Crippen molar-refractivity contribution in [2.45, 2.75) is 122 Å². The van der Waals surface area contributed by atoms with Crippen molar-refractivity contribution >= 4 is 47.4 Å². The van der Waals surface area contributed by atoms with Gasteiger partial charge in [-0.15, -0.1) is 0 Å². The summed E-state index contributed by atoms with van der Waals surface area (Å²) in [6.45, 7) is 9.16. The molecule has 294 valence electrons. The topological polar surface area (TPSA) is 286 Å². The van der Waals surface area contributed by atoms with Crippen LogP contribution >= 0.6 is 0 Å². The van der Waals surface area contributed by atoms with Gasteiger partial charge in [0.15, 0.2) is 0 Å². The van der Waals surface area contributed by atoms with Gasteiger partial charge in [0, 0.05) is 31.4 Å². The number of aliphatic carboxylic acids is 2. The van der Waals surface area contributed by atoms with Crippen molar-refractivity contribution in [3.8, 4) is 0 Å². The first-order valence-electron chi connectivity index (χ1n) is 17.9. The van der Waals surface area contributed by atoms with Crippen LogP contribution in [0.15, 0.2) is 12.5 Å². The molecular formula is C34H53N9O10. The lowest BCUT2D eigenvalue weighted by Gasteiger charge is -2.32. The predicted molar refractivity (Wildman–Crippen MR) is 187 cm³/mol. The van der Waals surface area contributed by atoms with E-state index < -0.39 is 90.2 Å². The van der Waals surface area contributed by atoms with E-state index in [1.807, 2.05) is 27.7 Å². The summed E-state index contributed by atoms with van der Waals surface area (Å²) in [5.74, 6) is -6.93. The Morgan fingerprint density at radius 3 is 1.89 bits per heavy atom. The molecule has 7 atom stereocenters. The van der Waals surface area contributed by atoms with Crippen molar-refractivity contribution in [2.24, 2.45) is 17.6 Å². The number of carboxylic acid groups (broad SMARTS) is 2. The molecule has 9 N–H and O–H groups in total. The number of nitrogens with one attached hydrogen (secondary N) is 5. The Morgan fingerprint density at radius 2 is 1.38 bits per heavy atom. The SMILES string of the molecule is CC(C)CC(NC(=O)C(Cc1cnc[nH]1)NC(=O)C1CCCN1C(=O)C(N)C(C)C)C(=O)N1CCCC1C(=O)NC(C)C(=O)NC(CC(=O)O)C(=O)O. The number of carboxylic acids is 2. The number of aromatic amines is 1. The molecule has 0 aromatic carbocycles. The second kappa shape index (κ2) is 19.1. The monoisotopic (exact) mass is 747 g/mol. The lowest BCUT2D eigenvalue weighted by Crippen LogP contribution is -2.60. The Hall–Kier alpha value is -5.07. The van der Waals surface area contributed by atoms with Gasteiger partial charge in [-0.05, 0) is 50.9 Å². The fourth-order valence-electron chi connectivity index (χ4n) is 6.39. The number of hydrogen-bond donors (Lipinski definition) is 8. The molecule has 1 aromatic heterocycles. The third kappa shape index (κ3) is 11.7. The molecule has 3 rings (SSSR count). The first-order chi connectivity index (χ1) is 24.9. The van der Waals surface area contributed by atoms with Crippen molar-refractivity contribution < 1.29 is 48.6 Å². The first-order valence-corrected chi connectivity index (χ1v) is 17.9. The number of carbonyl (C=O) groups excluding carboxylic acids is 6. The van der Waals surface area contributed by atoms with Gasteiger partial charge in [-0.1, -0.05) is 27.7 Å². The molecule has 0 radical (unpaired) electrons. The zero-order chi connectivity index (χ0) is 39.6. The molecule has 1 aromatic rings. The molecule has 3 heterocycles. The van der Waals surface area contributed by atoms with Gasteiger partial charge in [0.25, 0.3) is 0 Å². The summed E-state index contributed by atoms with van der Waals surface area (Å²) in [7, 11) is 0. The summed E-state index contributed by atoms with van der Waals surface area (Å²) >= 11 is 0. The van der Waals surface area contributed by atoms with Gasteiger partial charge in [-0.3, -0.25) is 33.6 Å². The highest BCUT2D eigenvalue weighted by atomic mass is 16.4. The molecule has 2 aliphatic rings. The highest BCUT2D eigenvalue weighted by molar-refractivity contribution is 5.97. The van der Waals surface area contributed by atoms with Crippen LogP contribution in [0.4, 0.5) is 0 Å². The van der Waals surface area contributed by atoms with Crippen LogP contribution in [0.1, 0.15) is 78.8 Å². The third-order valence-corrected chi connectivity index (χ3v) is 9.36. The lowest BCUT2D eigenvalue weighted by atomic mass is 10.0. The van der Waals surface area contributed by atoms with E-state index in [0.29, 0.717) is 31.5 Å². The van der Waals surface area contributed by atoms with Crippen LogP contribution < -0.4 is 27.0 Å². The van der Waals surface area contributed by atoms with Gasteiger partial charge in [0.05, 0.1) is 18.8 Å². The summed E-state index contributed by atoms with van der Waals surface area (Å²) in [5.41, 5.74) is 6.64. The second-order valence-corrected chi connectivity index (χ2v) is 14.4. The number of nitrogens with zero attached hydrogens (tertiary/aromatic N) is 3. The van der Waals surface area contributed by atoms with E-state index in [-0.39, 0.29) is 43.6 Å². The van der Waals surface area contributed by atoms with Gasteiger partial charge < -0.3 is 52.0 Å². The average molecular weight is 748 g/mol. The minimum Gasteiger partial charge on any atom is -0.481 e. The van der Waals surface area contributed by atoms with Crippen LogP contribution in [0, 0.1) is 11.8 Å². The first kappa shape index (κ1) is 42.3. The maximum Gasteiger partial charge on any atom is 0.326 e. The number of carbonyl (C=O) groups is 8. The van der Waals surface area contributed by atoms with E-state index in [0.717, 1.165) is 0 Å². The van der Waals surface area contributed by atoms with Crippen LogP contribution in [-0.4, -0.2) is 133 Å². The molecule has 0 spiro atoms. The van der Waals surface area contributed by atoms with Gasteiger partial charge in [0.1, 0.15) is 36.3 Å². The Morgan fingerprint density at radius 1 is 0.811 bits per heavy atom. The normalized spacial score (nSPS) is 19.9. The second-order valence-electron chi connectivity index (χ2n) is 14.4. The fraction of sp³-hybridized carbons (Fsp3) is 0.676. The van der Waals surface area contributed by atoms with Crippen molar-refractivity contribution in [2.75, 3.05) is 13.1 Å². The summed E-state index contributed by atoms with van der Waals surface area (Å²) in [5, 5.41) is 28.3. The van der Waals surface area contributed by atoms with Crippen LogP contribution in [0.25, 0.3) is 0 Å². The number of likely N-dealkylation sites (tertiary alicyclic amines) is 2. The van der Waals surface area contributed by atoms with E-state index in [4.69, 9.17) is 10.8 Å². The number of imidazole rings is 1. The molecule has 7 unspecified atom stereocenters. The molecule has 6 amide bonds. The van der Waals surface area contributed by atoms with Crippen LogP contribution in [0.3, 0.4) is 0 Å². The quantitative estimate of drug-likeness (QED) is 0.0850. The third-order valence-electron chi connectivity index (χ3n) is 9.36. The van der Waals surface area contributed by atoms with Gasteiger partial charge in [-0.25, -0.2) is 9.78 Å². The molecule has 0 bridgehead atoms. The Bertz CT molecular complexity index is 1500. The number of amides is 6.